The Kier molecular flexibility index (Phi) is 4.71. The molecule has 2 aliphatic rings. The average Bonchev–Trinajstić information content (AvgIpc) is 2.33. The molecule has 2 fully saturated rings. The summed E-state index contributed by atoms with van der Waals surface area (Å²) in [6, 6.07) is 1.24. The van der Waals surface area contributed by atoms with Gasteiger partial charge in [0.05, 0.1) is 0 Å². The van der Waals surface area contributed by atoms with Crippen LogP contribution in [0.15, 0.2) is 0 Å². The second kappa shape index (κ2) is 5.92. The standard InChI is InChI=1S/C16H31NO/c1-12-10-16(2,3)9-8-14(12)17-15-7-5-4-6-13(15)11-18/h12-15,17-18H,4-11H2,1-3H3. The van der Waals surface area contributed by atoms with E-state index in [-0.39, 0.29) is 0 Å². The largest absolute Gasteiger partial charge is 0.396 e. The lowest BCUT2D eigenvalue weighted by atomic mass is 9.70. The van der Waals surface area contributed by atoms with Crippen molar-refractivity contribution in [2.24, 2.45) is 17.3 Å². The first-order valence-corrected chi connectivity index (χ1v) is 7.89. The van der Waals surface area contributed by atoms with Crippen LogP contribution >= 0.6 is 0 Å². The van der Waals surface area contributed by atoms with Crippen molar-refractivity contribution in [3.8, 4) is 0 Å². The van der Waals surface area contributed by atoms with Gasteiger partial charge in [0.25, 0.3) is 0 Å². The molecule has 2 aliphatic carbocycles. The summed E-state index contributed by atoms with van der Waals surface area (Å²) in [6.45, 7) is 7.56. The zero-order valence-corrected chi connectivity index (χ0v) is 12.4. The summed E-state index contributed by atoms with van der Waals surface area (Å²) in [4.78, 5) is 0. The van der Waals surface area contributed by atoms with Crippen molar-refractivity contribution in [2.45, 2.75) is 77.8 Å². The first kappa shape index (κ1) is 14.3. The van der Waals surface area contributed by atoms with Crippen LogP contribution in [0.25, 0.3) is 0 Å². The summed E-state index contributed by atoms with van der Waals surface area (Å²) in [6.07, 6.45) is 9.09. The Bertz CT molecular complexity index is 264. The fraction of sp³-hybridized carbons (Fsp3) is 1.00. The van der Waals surface area contributed by atoms with Gasteiger partial charge in [-0.3, -0.25) is 0 Å². The smallest absolute Gasteiger partial charge is 0.0474 e. The minimum absolute atomic E-state index is 0.365. The molecule has 4 unspecified atom stereocenters. The van der Waals surface area contributed by atoms with Crippen LogP contribution in [-0.4, -0.2) is 23.8 Å². The Morgan fingerprint density at radius 1 is 1.11 bits per heavy atom. The van der Waals surface area contributed by atoms with E-state index in [0.29, 0.717) is 30.0 Å². The van der Waals surface area contributed by atoms with Crippen LogP contribution in [0.4, 0.5) is 0 Å². The molecule has 0 aliphatic heterocycles. The third kappa shape index (κ3) is 3.48. The van der Waals surface area contributed by atoms with Gasteiger partial charge in [0.1, 0.15) is 0 Å². The molecule has 0 aromatic carbocycles. The van der Waals surface area contributed by atoms with E-state index < -0.39 is 0 Å². The predicted molar refractivity (Wildman–Crippen MR) is 76.6 cm³/mol. The first-order chi connectivity index (χ1) is 8.52. The van der Waals surface area contributed by atoms with E-state index in [4.69, 9.17) is 0 Å². The molecule has 18 heavy (non-hydrogen) atoms. The van der Waals surface area contributed by atoms with Gasteiger partial charge in [0, 0.05) is 18.7 Å². The number of hydrogen-bond acceptors (Lipinski definition) is 2. The van der Waals surface area contributed by atoms with E-state index in [2.05, 4.69) is 26.1 Å². The molecule has 0 radical (unpaired) electrons. The number of rotatable bonds is 3. The summed E-state index contributed by atoms with van der Waals surface area (Å²) < 4.78 is 0. The SMILES string of the molecule is CC1CC(C)(C)CCC1NC1CCCCC1CO. The Balaban J connectivity index is 1.88. The van der Waals surface area contributed by atoms with Crippen molar-refractivity contribution in [2.75, 3.05) is 6.61 Å². The lowest BCUT2D eigenvalue weighted by molar-refractivity contribution is 0.103. The zero-order chi connectivity index (χ0) is 13.2. The molecule has 2 rings (SSSR count). The van der Waals surface area contributed by atoms with Crippen molar-refractivity contribution >= 4 is 0 Å². The quantitative estimate of drug-likeness (QED) is 0.808. The van der Waals surface area contributed by atoms with E-state index in [1.54, 1.807) is 0 Å². The normalized spacial score (nSPS) is 40.7. The first-order valence-electron chi connectivity index (χ1n) is 7.89. The lowest BCUT2D eigenvalue weighted by Gasteiger charge is -2.43. The van der Waals surface area contributed by atoms with Crippen LogP contribution in [-0.2, 0) is 0 Å². The molecule has 0 spiro atoms. The number of aliphatic hydroxyl groups excluding tert-OH is 1. The molecule has 106 valence electrons. The maximum atomic E-state index is 9.50. The van der Waals surface area contributed by atoms with Crippen LogP contribution in [0.2, 0.25) is 0 Å². The number of nitrogens with one attached hydrogen (secondary N) is 1. The Labute approximate surface area is 113 Å². The van der Waals surface area contributed by atoms with E-state index in [1.807, 2.05) is 0 Å². The molecule has 0 bridgehead atoms. The molecular formula is C16H31NO. The van der Waals surface area contributed by atoms with Gasteiger partial charge in [-0.25, -0.2) is 0 Å². The summed E-state index contributed by atoms with van der Waals surface area (Å²) in [5.74, 6) is 1.27. The highest BCUT2D eigenvalue weighted by atomic mass is 16.3. The highest BCUT2D eigenvalue weighted by Crippen LogP contribution is 2.39. The Hall–Kier alpha value is -0.0800. The van der Waals surface area contributed by atoms with Crippen LogP contribution in [0, 0.1) is 17.3 Å². The maximum absolute atomic E-state index is 9.50. The third-order valence-corrected chi connectivity index (χ3v) is 5.27. The monoisotopic (exact) mass is 253 g/mol. The Morgan fingerprint density at radius 3 is 2.50 bits per heavy atom. The van der Waals surface area contributed by atoms with Gasteiger partial charge in [-0.05, 0) is 49.4 Å². The van der Waals surface area contributed by atoms with Crippen LogP contribution < -0.4 is 5.32 Å². The second-order valence-corrected chi connectivity index (χ2v) is 7.49. The minimum atomic E-state index is 0.365. The van der Waals surface area contributed by atoms with Gasteiger partial charge in [-0.2, -0.15) is 0 Å². The van der Waals surface area contributed by atoms with E-state index >= 15 is 0 Å². The lowest BCUT2D eigenvalue weighted by Crippen LogP contribution is -2.50. The van der Waals surface area contributed by atoms with Gasteiger partial charge >= 0.3 is 0 Å². The van der Waals surface area contributed by atoms with Crippen LogP contribution in [0.1, 0.15) is 65.7 Å². The highest BCUT2D eigenvalue weighted by Gasteiger charge is 2.35. The number of aliphatic hydroxyl groups is 1. The molecule has 4 atom stereocenters. The number of hydrogen-bond donors (Lipinski definition) is 2. The summed E-state index contributed by atoms with van der Waals surface area (Å²) >= 11 is 0. The topological polar surface area (TPSA) is 32.3 Å². The fourth-order valence-corrected chi connectivity index (χ4v) is 4.11. The van der Waals surface area contributed by atoms with E-state index in [9.17, 15) is 5.11 Å². The van der Waals surface area contributed by atoms with Gasteiger partial charge in [-0.1, -0.05) is 33.6 Å². The van der Waals surface area contributed by atoms with E-state index in [1.165, 1.54) is 44.9 Å². The van der Waals surface area contributed by atoms with Crippen molar-refractivity contribution < 1.29 is 5.11 Å². The minimum Gasteiger partial charge on any atom is -0.396 e. The zero-order valence-electron chi connectivity index (χ0n) is 12.4. The fourth-order valence-electron chi connectivity index (χ4n) is 4.11. The molecule has 0 amide bonds. The molecule has 0 saturated heterocycles. The van der Waals surface area contributed by atoms with E-state index in [0.717, 1.165) is 5.92 Å². The van der Waals surface area contributed by atoms with Crippen LogP contribution in [0.3, 0.4) is 0 Å². The van der Waals surface area contributed by atoms with Crippen molar-refractivity contribution in [3.63, 3.8) is 0 Å². The maximum Gasteiger partial charge on any atom is 0.0474 e. The van der Waals surface area contributed by atoms with Crippen LogP contribution in [0.5, 0.6) is 0 Å². The molecule has 2 heteroatoms. The molecule has 2 N–H and O–H groups in total. The molecular weight excluding hydrogens is 222 g/mol. The summed E-state index contributed by atoms with van der Waals surface area (Å²) in [5.41, 5.74) is 0.528. The van der Waals surface area contributed by atoms with Gasteiger partial charge in [-0.15, -0.1) is 0 Å². The predicted octanol–water partition coefficient (Wildman–Crippen LogP) is 3.34. The van der Waals surface area contributed by atoms with Gasteiger partial charge < -0.3 is 10.4 Å². The Morgan fingerprint density at radius 2 is 1.83 bits per heavy atom. The van der Waals surface area contributed by atoms with Crippen molar-refractivity contribution in [1.82, 2.24) is 5.32 Å². The van der Waals surface area contributed by atoms with Crippen molar-refractivity contribution in [3.05, 3.63) is 0 Å². The molecule has 0 aromatic rings. The van der Waals surface area contributed by atoms with Gasteiger partial charge in [0.2, 0.25) is 0 Å². The molecule has 0 aromatic heterocycles. The van der Waals surface area contributed by atoms with Gasteiger partial charge in [0.15, 0.2) is 0 Å². The summed E-state index contributed by atoms with van der Waals surface area (Å²) in [7, 11) is 0. The highest BCUT2D eigenvalue weighted by molar-refractivity contribution is 4.91. The van der Waals surface area contributed by atoms with Crippen molar-refractivity contribution in [1.29, 1.82) is 0 Å². The average molecular weight is 253 g/mol. The molecule has 2 nitrogen and oxygen atoms in total. The summed E-state index contributed by atoms with van der Waals surface area (Å²) in [5, 5.41) is 13.4. The molecule has 2 saturated carbocycles. The third-order valence-electron chi connectivity index (χ3n) is 5.27. The second-order valence-electron chi connectivity index (χ2n) is 7.49. The molecule has 0 heterocycles.